The van der Waals surface area contributed by atoms with E-state index in [9.17, 15) is 23.1 Å². The molecule has 5 nitrogen and oxygen atoms in total. The van der Waals surface area contributed by atoms with Crippen LogP contribution >= 0.6 is 0 Å². The maximum atomic E-state index is 15.3. The molecule has 4 rings (SSSR count). The number of anilines is 1. The highest BCUT2D eigenvalue weighted by Gasteiger charge is 2.63. The van der Waals surface area contributed by atoms with Crippen LogP contribution in [0.15, 0.2) is 12.1 Å². The third-order valence-corrected chi connectivity index (χ3v) is 6.09. The molecule has 1 amide bonds. The Morgan fingerprint density at radius 2 is 1.97 bits per heavy atom. The van der Waals surface area contributed by atoms with Crippen molar-refractivity contribution in [1.82, 2.24) is 9.55 Å². The van der Waals surface area contributed by atoms with E-state index in [0.717, 1.165) is 19.3 Å². The van der Waals surface area contributed by atoms with Crippen LogP contribution in [0, 0.1) is 11.2 Å². The van der Waals surface area contributed by atoms with Crippen LogP contribution in [0.3, 0.4) is 0 Å². The average Bonchev–Trinajstić information content (AvgIpc) is 3.22. The Balaban J connectivity index is 1.71. The number of nitrogens with one attached hydrogen (secondary N) is 1. The Bertz CT molecular complexity index is 967. The van der Waals surface area contributed by atoms with Crippen LogP contribution in [-0.4, -0.2) is 26.7 Å². The second-order valence-corrected chi connectivity index (χ2v) is 8.75. The third-order valence-electron chi connectivity index (χ3n) is 6.09. The molecule has 0 bridgehead atoms. The molecule has 1 heterocycles. The second-order valence-electron chi connectivity index (χ2n) is 8.75. The minimum Gasteiger partial charge on any atom is -0.386 e. The number of amides is 1. The number of fused-ring (bicyclic) bond motifs is 1. The van der Waals surface area contributed by atoms with E-state index >= 15 is 4.39 Å². The molecule has 0 atom stereocenters. The molecule has 1 aromatic carbocycles. The summed E-state index contributed by atoms with van der Waals surface area (Å²) in [7, 11) is 0. The van der Waals surface area contributed by atoms with Gasteiger partial charge in [0.05, 0.1) is 16.5 Å². The van der Waals surface area contributed by atoms with Crippen molar-refractivity contribution >= 4 is 22.9 Å². The fraction of sp³-hybridized carbons (Fsp3) is 0.600. The quantitative estimate of drug-likeness (QED) is 0.692. The molecule has 2 N–H and O–H groups in total. The molecule has 0 saturated heterocycles. The van der Waals surface area contributed by atoms with Crippen LogP contribution in [0.25, 0.3) is 11.0 Å². The van der Waals surface area contributed by atoms with Crippen molar-refractivity contribution in [1.29, 1.82) is 0 Å². The molecule has 2 aliphatic carbocycles. The van der Waals surface area contributed by atoms with E-state index < -0.39 is 35.3 Å². The summed E-state index contributed by atoms with van der Waals surface area (Å²) in [5.41, 5.74) is -2.83. The van der Waals surface area contributed by atoms with Crippen molar-refractivity contribution in [3.05, 3.63) is 23.5 Å². The molecular formula is C20H23F4N3O2. The number of carbonyl (C=O) groups is 1. The number of imidazole rings is 1. The number of carbonyl (C=O) groups excluding carboxylic acids is 1. The zero-order valence-corrected chi connectivity index (χ0v) is 16.2. The summed E-state index contributed by atoms with van der Waals surface area (Å²) in [5, 5.41) is 12.7. The second kappa shape index (κ2) is 6.42. The van der Waals surface area contributed by atoms with Crippen molar-refractivity contribution in [2.45, 2.75) is 70.2 Å². The molecule has 158 valence electrons. The third kappa shape index (κ3) is 3.39. The van der Waals surface area contributed by atoms with Crippen LogP contribution in [0.2, 0.25) is 0 Å². The summed E-state index contributed by atoms with van der Waals surface area (Å²) in [4.78, 5) is 16.7. The molecule has 2 fully saturated rings. The van der Waals surface area contributed by atoms with Gasteiger partial charge in [-0.15, -0.1) is 0 Å². The predicted molar refractivity (Wildman–Crippen MR) is 98.8 cm³/mol. The fourth-order valence-electron chi connectivity index (χ4n) is 3.90. The van der Waals surface area contributed by atoms with E-state index in [4.69, 9.17) is 0 Å². The highest BCUT2D eigenvalue weighted by Crippen LogP contribution is 2.60. The van der Waals surface area contributed by atoms with Crippen LogP contribution in [0.4, 0.5) is 23.5 Å². The molecule has 2 saturated carbocycles. The maximum Gasteiger partial charge on any atom is 0.395 e. The maximum absolute atomic E-state index is 15.3. The van der Waals surface area contributed by atoms with Gasteiger partial charge in [0.15, 0.2) is 5.82 Å². The first-order valence-electron chi connectivity index (χ1n) is 9.73. The molecule has 1 aromatic heterocycles. The van der Waals surface area contributed by atoms with Crippen molar-refractivity contribution < 1.29 is 27.5 Å². The molecule has 0 radical (unpaired) electrons. The lowest BCUT2D eigenvalue weighted by atomic mass is 9.92. The molecule has 29 heavy (non-hydrogen) atoms. The van der Waals surface area contributed by atoms with Gasteiger partial charge in [-0.3, -0.25) is 10.1 Å². The van der Waals surface area contributed by atoms with Crippen LogP contribution < -0.4 is 5.32 Å². The van der Waals surface area contributed by atoms with E-state index in [-0.39, 0.29) is 41.4 Å². The van der Waals surface area contributed by atoms with Gasteiger partial charge in [-0.25, -0.2) is 9.37 Å². The fourth-order valence-corrected chi connectivity index (χ4v) is 3.90. The van der Waals surface area contributed by atoms with Crippen LogP contribution in [0.1, 0.15) is 64.0 Å². The lowest BCUT2D eigenvalue weighted by molar-refractivity contribution is -0.189. The number of nitrogens with zero attached hydrogens (tertiary/aromatic N) is 2. The lowest BCUT2D eigenvalue weighted by Crippen LogP contribution is -2.30. The Hall–Kier alpha value is -2.16. The first-order chi connectivity index (χ1) is 13.4. The largest absolute Gasteiger partial charge is 0.395 e. The molecule has 9 heteroatoms. The summed E-state index contributed by atoms with van der Waals surface area (Å²) in [6.45, 7) is 2.94. The number of hydrogen-bond acceptors (Lipinski definition) is 3. The van der Waals surface area contributed by atoms with Gasteiger partial charge >= 0.3 is 6.18 Å². The minimum atomic E-state index is -4.42. The molecule has 2 aromatic rings. The summed E-state index contributed by atoms with van der Waals surface area (Å²) in [5.74, 6) is -1.36. The summed E-state index contributed by atoms with van der Waals surface area (Å²) < 4.78 is 56.3. The summed E-state index contributed by atoms with van der Waals surface area (Å²) in [6.07, 6.45) is -2.77. The topological polar surface area (TPSA) is 67.2 Å². The smallest absolute Gasteiger partial charge is 0.386 e. The summed E-state index contributed by atoms with van der Waals surface area (Å²) >= 11 is 0. The van der Waals surface area contributed by atoms with E-state index in [1.54, 1.807) is 10.6 Å². The zero-order chi connectivity index (χ0) is 21.2. The van der Waals surface area contributed by atoms with Crippen molar-refractivity contribution in [3.63, 3.8) is 0 Å². The van der Waals surface area contributed by atoms with Gasteiger partial charge < -0.3 is 9.67 Å². The molecular weight excluding hydrogens is 390 g/mol. The van der Waals surface area contributed by atoms with Gasteiger partial charge in [-0.05, 0) is 52.0 Å². The molecule has 2 aliphatic rings. The number of aromatic nitrogens is 2. The number of halogens is 4. The standard InChI is InChI=1S/C20H23F4N3O2/c1-18(2,29)12-6-7-13-16(15(12)21)27(11-4-3-5-11)17(25-13)26-14(28)10-19(8-9-19)20(22,23)24/h6-7,11,29H,3-5,8-10H2,1-2H3,(H,25,26,28). The zero-order valence-electron chi connectivity index (χ0n) is 16.2. The van der Waals surface area contributed by atoms with E-state index in [2.05, 4.69) is 10.3 Å². The van der Waals surface area contributed by atoms with Crippen LogP contribution in [0.5, 0.6) is 0 Å². The highest BCUT2D eigenvalue weighted by atomic mass is 19.4. The van der Waals surface area contributed by atoms with E-state index in [0.29, 0.717) is 0 Å². The van der Waals surface area contributed by atoms with Gasteiger partial charge in [-0.1, -0.05) is 6.07 Å². The molecule has 0 unspecified atom stereocenters. The van der Waals surface area contributed by atoms with E-state index in [1.807, 2.05) is 0 Å². The first kappa shape index (κ1) is 20.1. The van der Waals surface area contributed by atoms with E-state index in [1.165, 1.54) is 19.9 Å². The lowest BCUT2D eigenvalue weighted by Gasteiger charge is -2.29. The van der Waals surface area contributed by atoms with Gasteiger partial charge in [-0.2, -0.15) is 13.2 Å². The number of alkyl halides is 3. The van der Waals surface area contributed by atoms with Crippen molar-refractivity contribution in [2.24, 2.45) is 5.41 Å². The molecule has 0 spiro atoms. The van der Waals surface area contributed by atoms with Gasteiger partial charge in [0.1, 0.15) is 5.52 Å². The minimum absolute atomic E-state index is 0.0551. The molecule has 0 aliphatic heterocycles. The van der Waals surface area contributed by atoms with Crippen molar-refractivity contribution in [2.75, 3.05) is 5.32 Å². The summed E-state index contributed by atoms with van der Waals surface area (Å²) in [6, 6.07) is 2.89. The first-order valence-corrected chi connectivity index (χ1v) is 9.73. The van der Waals surface area contributed by atoms with Gasteiger partial charge in [0.25, 0.3) is 0 Å². The van der Waals surface area contributed by atoms with Crippen molar-refractivity contribution in [3.8, 4) is 0 Å². The Labute approximate surface area is 165 Å². The Kier molecular flexibility index (Phi) is 4.45. The normalized spacial score (nSPS) is 19.3. The predicted octanol–water partition coefficient (Wildman–Crippen LogP) is 4.80. The highest BCUT2D eigenvalue weighted by molar-refractivity contribution is 5.92. The Morgan fingerprint density at radius 1 is 1.31 bits per heavy atom. The average molecular weight is 413 g/mol. The number of rotatable bonds is 5. The SMILES string of the molecule is CC(C)(O)c1ccc2nc(NC(=O)CC3(C(F)(F)F)CC3)n(C3CCC3)c2c1F. The Morgan fingerprint density at radius 3 is 2.45 bits per heavy atom. The van der Waals surface area contributed by atoms with Gasteiger partial charge in [0.2, 0.25) is 11.9 Å². The van der Waals surface area contributed by atoms with Gasteiger partial charge in [0, 0.05) is 18.0 Å². The monoisotopic (exact) mass is 413 g/mol. The van der Waals surface area contributed by atoms with Crippen LogP contribution in [-0.2, 0) is 10.4 Å². The number of benzene rings is 1. The number of aliphatic hydroxyl groups is 1. The number of hydrogen-bond donors (Lipinski definition) is 2.